The van der Waals surface area contributed by atoms with E-state index >= 15 is 0 Å². The minimum Gasteiger partial charge on any atom is -0.325 e. The highest BCUT2D eigenvalue weighted by Gasteiger charge is 2.34. The standard InChI is InChI=1S/C19H15ClF3N3O2S2/c20-9-5-6-12(11(7-9)19(21,22)23)24-14(27)8-29-18-25-16(28)15-10-3-1-2-4-13(10)30-17(15)26-18/h5-7H,1-4,8H2,(H,24,27)(H,25,26,28). The van der Waals surface area contributed by atoms with Gasteiger partial charge in [0.25, 0.3) is 5.56 Å². The number of nitrogens with zero attached hydrogens (tertiary/aromatic N) is 1. The van der Waals surface area contributed by atoms with Crippen molar-refractivity contribution in [1.82, 2.24) is 9.97 Å². The maximum atomic E-state index is 13.2. The highest BCUT2D eigenvalue weighted by Crippen LogP contribution is 2.37. The van der Waals surface area contributed by atoms with Crippen molar-refractivity contribution >= 4 is 56.5 Å². The number of nitrogens with one attached hydrogen (secondary N) is 2. The van der Waals surface area contributed by atoms with Crippen LogP contribution in [0.4, 0.5) is 18.9 Å². The second-order valence-corrected chi connectivity index (χ2v) is 9.27. The van der Waals surface area contributed by atoms with Crippen LogP contribution in [0.2, 0.25) is 5.02 Å². The molecule has 2 heterocycles. The lowest BCUT2D eigenvalue weighted by Gasteiger charge is -2.14. The van der Waals surface area contributed by atoms with Gasteiger partial charge >= 0.3 is 6.18 Å². The number of aromatic nitrogens is 2. The third kappa shape index (κ3) is 4.35. The second kappa shape index (κ2) is 8.24. The van der Waals surface area contributed by atoms with E-state index in [1.807, 2.05) is 0 Å². The second-order valence-electron chi connectivity index (χ2n) is 6.79. The smallest absolute Gasteiger partial charge is 0.325 e. The van der Waals surface area contributed by atoms with E-state index in [0.717, 1.165) is 55.1 Å². The van der Waals surface area contributed by atoms with Gasteiger partial charge < -0.3 is 10.3 Å². The van der Waals surface area contributed by atoms with Gasteiger partial charge in [0.2, 0.25) is 5.91 Å². The first-order chi connectivity index (χ1) is 14.2. The fourth-order valence-electron chi connectivity index (χ4n) is 3.39. The average Bonchev–Trinajstić information content (AvgIpc) is 3.06. The Balaban J connectivity index is 1.50. The molecule has 0 unspecified atom stereocenters. The molecule has 2 aromatic heterocycles. The summed E-state index contributed by atoms with van der Waals surface area (Å²) in [6, 6.07) is 3.14. The lowest BCUT2D eigenvalue weighted by molar-refractivity contribution is -0.137. The first-order valence-electron chi connectivity index (χ1n) is 9.06. The van der Waals surface area contributed by atoms with Crippen LogP contribution in [0.5, 0.6) is 0 Å². The maximum Gasteiger partial charge on any atom is 0.418 e. The van der Waals surface area contributed by atoms with Crippen LogP contribution in [-0.2, 0) is 23.8 Å². The summed E-state index contributed by atoms with van der Waals surface area (Å²) in [5.41, 5.74) is -0.586. The zero-order chi connectivity index (χ0) is 21.5. The van der Waals surface area contributed by atoms with Crippen LogP contribution in [0.3, 0.4) is 0 Å². The summed E-state index contributed by atoms with van der Waals surface area (Å²) in [7, 11) is 0. The van der Waals surface area contributed by atoms with Crippen molar-refractivity contribution in [1.29, 1.82) is 0 Å². The molecular weight excluding hydrogens is 459 g/mol. The number of carbonyl (C=O) groups excluding carboxylic acids is 1. The zero-order valence-corrected chi connectivity index (χ0v) is 17.7. The van der Waals surface area contributed by atoms with Crippen LogP contribution >= 0.6 is 34.7 Å². The number of fused-ring (bicyclic) bond motifs is 3. The lowest BCUT2D eigenvalue weighted by Crippen LogP contribution is -2.18. The van der Waals surface area contributed by atoms with Crippen LogP contribution < -0.4 is 10.9 Å². The summed E-state index contributed by atoms with van der Waals surface area (Å²) in [6.07, 6.45) is -0.735. The Morgan fingerprint density at radius 2 is 2.07 bits per heavy atom. The molecule has 0 saturated carbocycles. The summed E-state index contributed by atoms with van der Waals surface area (Å²) in [4.78, 5) is 33.6. The van der Waals surface area contributed by atoms with Crippen molar-refractivity contribution in [2.24, 2.45) is 0 Å². The Hall–Kier alpha value is -2.04. The Bertz CT molecular complexity index is 1190. The van der Waals surface area contributed by atoms with E-state index in [1.165, 1.54) is 22.3 Å². The van der Waals surface area contributed by atoms with E-state index < -0.39 is 17.6 Å². The highest BCUT2D eigenvalue weighted by atomic mass is 35.5. The van der Waals surface area contributed by atoms with Crippen LogP contribution in [0, 0.1) is 0 Å². The van der Waals surface area contributed by atoms with Gasteiger partial charge in [-0.3, -0.25) is 9.59 Å². The van der Waals surface area contributed by atoms with E-state index in [0.29, 0.717) is 10.2 Å². The van der Waals surface area contributed by atoms with E-state index in [1.54, 1.807) is 0 Å². The van der Waals surface area contributed by atoms with Crippen molar-refractivity contribution < 1.29 is 18.0 Å². The molecule has 3 aromatic rings. The fraction of sp³-hybridized carbons (Fsp3) is 0.316. The number of halogens is 4. The Morgan fingerprint density at radius 1 is 1.30 bits per heavy atom. The van der Waals surface area contributed by atoms with Gasteiger partial charge in [-0.05, 0) is 49.4 Å². The number of carbonyl (C=O) groups is 1. The molecule has 0 bridgehead atoms. The van der Waals surface area contributed by atoms with Crippen molar-refractivity contribution in [2.45, 2.75) is 37.0 Å². The number of hydrogen-bond acceptors (Lipinski definition) is 5. The van der Waals surface area contributed by atoms with Crippen LogP contribution in [-0.4, -0.2) is 21.6 Å². The lowest BCUT2D eigenvalue weighted by atomic mass is 9.97. The fourth-order valence-corrected chi connectivity index (χ4v) is 5.55. The summed E-state index contributed by atoms with van der Waals surface area (Å²) in [5.74, 6) is -0.861. The molecule has 158 valence electrons. The number of anilines is 1. The Labute approximate surface area is 182 Å². The number of thioether (sulfide) groups is 1. The summed E-state index contributed by atoms with van der Waals surface area (Å²) in [6.45, 7) is 0. The zero-order valence-electron chi connectivity index (χ0n) is 15.4. The number of H-pyrrole nitrogens is 1. The van der Waals surface area contributed by atoms with Crippen LogP contribution in [0.15, 0.2) is 28.2 Å². The molecule has 0 atom stereocenters. The van der Waals surface area contributed by atoms with Crippen molar-refractivity contribution in [3.63, 3.8) is 0 Å². The van der Waals surface area contributed by atoms with E-state index in [2.05, 4.69) is 15.3 Å². The first kappa shape index (κ1) is 21.2. The number of aryl methyl sites for hydroxylation is 2. The molecule has 11 heteroatoms. The number of thiophene rings is 1. The minimum atomic E-state index is -4.66. The molecule has 2 N–H and O–H groups in total. The van der Waals surface area contributed by atoms with Crippen LogP contribution in [0.25, 0.3) is 10.2 Å². The summed E-state index contributed by atoms with van der Waals surface area (Å²) >= 11 is 8.09. The third-order valence-corrected chi connectivity index (χ3v) is 7.00. The molecule has 0 saturated heterocycles. The molecule has 0 aliphatic heterocycles. The molecule has 1 amide bonds. The quantitative estimate of drug-likeness (QED) is 0.400. The van der Waals surface area contributed by atoms with Gasteiger partial charge in [0, 0.05) is 9.90 Å². The van der Waals surface area contributed by atoms with Crippen molar-refractivity contribution in [3.05, 3.63) is 49.6 Å². The molecule has 5 nitrogen and oxygen atoms in total. The van der Waals surface area contributed by atoms with Gasteiger partial charge in [0.1, 0.15) is 4.83 Å². The third-order valence-electron chi connectivity index (χ3n) is 4.70. The topological polar surface area (TPSA) is 74.8 Å². The molecule has 30 heavy (non-hydrogen) atoms. The van der Waals surface area contributed by atoms with E-state index in [4.69, 9.17) is 11.6 Å². The van der Waals surface area contributed by atoms with Crippen LogP contribution in [0.1, 0.15) is 28.8 Å². The predicted octanol–water partition coefficient (Wildman–Crippen LogP) is 5.27. The average molecular weight is 474 g/mol. The maximum absolute atomic E-state index is 13.2. The highest BCUT2D eigenvalue weighted by molar-refractivity contribution is 7.99. The van der Waals surface area contributed by atoms with Gasteiger partial charge in [-0.1, -0.05) is 23.4 Å². The van der Waals surface area contributed by atoms with E-state index in [-0.39, 0.29) is 27.2 Å². The molecule has 1 aromatic carbocycles. The Morgan fingerprint density at radius 3 is 2.83 bits per heavy atom. The summed E-state index contributed by atoms with van der Waals surface area (Å²) in [5, 5.41) is 3.04. The molecule has 1 aliphatic rings. The van der Waals surface area contributed by atoms with Crippen molar-refractivity contribution in [2.75, 3.05) is 11.1 Å². The van der Waals surface area contributed by atoms with E-state index in [9.17, 15) is 22.8 Å². The van der Waals surface area contributed by atoms with Crippen molar-refractivity contribution in [3.8, 4) is 0 Å². The number of rotatable bonds is 4. The van der Waals surface area contributed by atoms with Gasteiger partial charge in [0.15, 0.2) is 5.16 Å². The molecule has 0 fully saturated rings. The minimum absolute atomic E-state index is 0.0802. The molecule has 4 rings (SSSR count). The number of alkyl halides is 3. The van der Waals surface area contributed by atoms with Gasteiger partial charge in [-0.2, -0.15) is 13.2 Å². The number of amides is 1. The monoisotopic (exact) mass is 473 g/mol. The molecule has 1 aliphatic carbocycles. The number of benzene rings is 1. The molecule has 0 spiro atoms. The first-order valence-corrected chi connectivity index (χ1v) is 11.2. The number of aromatic amines is 1. The molecule has 0 radical (unpaired) electrons. The SMILES string of the molecule is O=C(CSc1nc2sc3c(c2c(=O)[nH]1)CCCC3)Nc1ccc(Cl)cc1C(F)(F)F. The van der Waals surface area contributed by atoms with Gasteiger partial charge in [-0.25, -0.2) is 4.98 Å². The normalized spacial score (nSPS) is 14.0. The Kier molecular flexibility index (Phi) is 5.82. The number of hydrogen-bond donors (Lipinski definition) is 2. The largest absolute Gasteiger partial charge is 0.418 e. The summed E-state index contributed by atoms with van der Waals surface area (Å²) < 4.78 is 39.5. The van der Waals surface area contributed by atoms with Gasteiger partial charge in [0.05, 0.1) is 22.4 Å². The molecular formula is C19H15ClF3N3O2S2. The predicted molar refractivity (Wildman–Crippen MR) is 113 cm³/mol. The van der Waals surface area contributed by atoms with Gasteiger partial charge in [-0.15, -0.1) is 11.3 Å².